The van der Waals surface area contributed by atoms with Gasteiger partial charge in [-0.25, -0.2) is 4.98 Å². The molecule has 5 heteroatoms. The van der Waals surface area contributed by atoms with Crippen molar-refractivity contribution in [3.63, 3.8) is 0 Å². The molecule has 0 saturated carbocycles. The van der Waals surface area contributed by atoms with Crippen LogP contribution >= 0.6 is 11.3 Å². The van der Waals surface area contributed by atoms with E-state index in [9.17, 15) is 4.79 Å². The molecule has 0 aliphatic heterocycles. The predicted octanol–water partition coefficient (Wildman–Crippen LogP) is 3.90. The number of hydrogen-bond donors (Lipinski definition) is 0. The van der Waals surface area contributed by atoms with E-state index < -0.39 is 0 Å². The highest BCUT2D eigenvalue weighted by Gasteiger charge is 2.20. The van der Waals surface area contributed by atoms with Crippen LogP contribution in [0.25, 0.3) is 11.3 Å². The molecule has 1 aromatic heterocycles. The molecule has 2 aromatic carbocycles. The third kappa shape index (κ3) is 4.53. The number of likely N-dealkylation sites (N-methyl/N-ethyl adjacent to an activating group) is 1. The molecular weight excluding hydrogens is 330 g/mol. The SMILES string of the molecule is CN(C)CC(=O)N(Cc1ccccc1)c1nc(-c2ccccc2)cs1. The van der Waals surface area contributed by atoms with Crippen LogP contribution in [0.1, 0.15) is 5.56 Å². The Morgan fingerprint density at radius 3 is 2.28 bits per heavy atom. The molecule has 0 aliphatic carbocycles. The van der Waals surface area contributed by atoms with Crippen molar-refractivity contribution in [1.29, 1.82) is 0 Å². The Balaban J connectivity index is 1.88. The van der Waals surface area contributed by atoms with Crippen molar-refractivity contribution in [2.45, 2.75) is 6.54 Å². The van der Waals surface area contributed by atoms with E-state index >= 15 is 0 Å². The van der Waals surface area contributed by atoms with Crippen molar-refractivity contribution in [2.75, 3.05) is 25.5 Å². The van der Waals surface area contributed by atoms with Gasteiger partial charge in [0.15, 0.2) is 5.13 Å². The first kappa shape index (κ1) is 17.3. The quantitative estimate of drug-likeness (QED) is 0.676. The lowest BCUT2D eigenvalue weighted by atomic mass is 10.2. The van der Waals surface area contributed by atoms with E-state index in [-0.39, 0.29) is 5.91 Å². The zero-order chi connectivity index (χ0) is 17.6. The number of thiazole rings is 1. The van der Waals surface area contributed by atoms with Crippen LogP contribution in [0, 0.1) is 0 Å². The van der Waals surface area contributed by atoms with Crippen LogP contribution in [-0.4, -0.2) is 36.4 Å². The lowest BCUT2D eigenvalue weighted by Crippen LogP contribution is -2.37. The largest absolute Gasteiger partial charge is 0.301 e. The van der Waals surface area contributed by atoms with Gasteiger partial charge in [0.2, 0.25) is 5.91 Å². The number of carbonyl (C=O) groups is 1. The number of anilines is 1. The number of nitrogens with zero attached hydrogens (tertiary/aromatic N) is 3. The van der Waals surface area contributed by atoms with Gasteiger partial charge in [-0.2, -0.15) is 0 Å². The normalized spacial score (nSPS) is 10.8. The van der Waals surface area contributed by atoms with Gasteiger partial charge < -0.3 is 4.90 Å². The summed E-state index contributed by atoms with van der Waals surface area (Å²) < 4.78 is 0. The molecule has 128 valence electrons. The second-order valence-electron chi connectivity index (χ2n) is 6.08. The summed E-state index contributed by atoms with van der Waals surface area (Å²) in [5.74, 6) is 0.0443. The Labute approximate surface area is 152 Å². The van der Waals surface area contributed by atoms with Crippen molar-refractivity contribution in [1.82, 2.24) is 9.88 Å². The third-order valence-corrected chi connectivity index (χ3v) is 4.59. The Morgan fingerprint density at radius 1 is 1.00 bits per heavy atom. The minimum atomic E-state index is 0.0443. The lowest BCUT2D eigenvalue weighted by Gasteiger charge is -2.22. The zero-order valence-electron chi connectivity index (χ0n) is 14.4. The van der Waals surface area contributed by atoms with Crippen LogP contribution in [0.5, 0.6) is 0 Å². The summed E-state index contributed by atoms with van der Waals surface area (Å²) in [6.45, 7) is 0.877. The van der Waals surface area contributed by atoms with Crippen molar-refractivity contribution >= 4 is 22.4 Å². The number of aromatic nitrogens is 1. The second kappa shape index (κ2) is 8.05. The van der Waals surface area contributed by atoms with Gasteiger partial charge >= 0.3 is 0 Å². The van der Waals surface area contributed by atoms with Crippen LogP contribution in [0.3, 0.4) is 0 Å². The fourth-order valence-electron chi connectivity index (χ4n) is 2.51. The van der Waals surface area contributed by atoms with Crippen molar-refractivity contribution < 1.29 is 4.79 Å². The molecule has 0 atom stereocenters. The van der Waals surface area contributed by atoms with E-state index in [0.29, 0.717) is 13.1 Å². The summed E-state index contributed by atoms with van der Waals surface area (Å²) in [6.07, 6.45) is 0. The Morgan fingerprint density at radius 2 is 1.64 bits per heavy atom. The van der Waals surface area contributed by atoms with Gasteiger partial charge in [0.1, 0.15) is 0 Å². The smallest absolute Gasteiger partial charge is 0.243 e. The maximum atomic E-state index is 12.8. The molecule has 0 spiro atoms. The summed E-state index contributed by atoms with van der Waals surface area (Å²) in [4.78, 5) is 21.1. The molecule has 1 amide bonds. The van der Waals surface area contributed by atoms with Crippen molar-refractivity contribution in [3.05, 3.63) is 71.6 Å². The van der Waals surface area contributed by atoms with E-state index in [2.05, 4.69) is 0 Å². The summed E-state index contributed by atoms with van der Waals surface area (Å²) in [5, 5.41) is 2.74. The first-order valence-electron chi connectivity index (χ1n) is 8.13. The summed E-state index contributed by atoms with van der Waals surface area (Å²) >= 11 is 1.50. The number of carbonyl (C=O) groups excluding carboxylic acids is 1. The summed E-state index contributed by atoms with van der Waals surface area (Å²) in [5.41, 5.74) is 3.05. The molecule has 3 aromatic rings. The number of rotatable bonds is 6. The minimum absolute atomic E-state index is 0.0443. The molecule has 0 fully saturated rings. The van der Waals surface area contributed by atoms with Gasteiger partial charge in [-0.15, -0.1) is 11.3 Å². The van der Waals surface area contributed by atoms with Crippen LogP contribution in [0.4, 0.5) is 5.13 Å². The van der Waals surface area contributed by atoms with Gasteiger partial charge in [-0.1, -0.05) is 60.7 Å². The van der Waals surface area contributed by atoms with E-state index in [1.165, 1.54) is 11.3 Å². The molecule has 0 bridgehead atoms. The van der Waals surface area contributed by atoms with E-state index in [0.717, 1.165) is 22.0 Å². The van der Waals surface area contributed by atoms with Crippen LogP contribution in [0.15, 0.2) is 66.0 Å². The molecule has 3 rings (SSSR count). The van der Waals surface area contributed by atoms with E-state index in [1.807, 2.05) is 85.0 Å². The molecule has 25 heavy (non-hydrogen) atoms. The standard InChI is InChI=1S/C20H21N3OS/c1-22(2)14-19(24)23(13-16-9-5-3-6-10-16)20-21-18(15-25-20)17-11-7-4-8-12-17/h3-12,15H,13-14H2,1-2H3. The fourth-order valence-corrected chi connectivity index (χ4v) is 3.36. The highest BCUT2D eigenvalue weighted by Crippen LogP contribution is 2.28. The van der Waals surface area contributed by atoms with Crippen molar-refractivity contribution in [2.24, 2.45) is 0 Å². The highest BCUT2D eigenvalue weighted by molar-refractivity contribution is 7.14. The maximum absolute atomic E-state index is 12.8. The zero-order valence-corrected chi connectivity index (χ0v) is 15.2. The van der Waals surface area contributed by atoms with E-state index in [1.54, 1.807) is 4.90 Å². The predicted molar refractivity (Wildman–Crippen MR) is 104 cm³/mol. The van der Waals surface area contributed by atoms with Gasteiger partial charge in [-0.05, 0) is 19.7 Å². The fraction of sp³-hybridized carbons (Fsp3) is 0.200. The second-order valence-corrected chi connectivity index (χ2v) is 6.92. The number of benzene rings is 2. The van der Waals surface area contributed by atoms with Gasteiger partial charge in [0.25, 0.3) is 0 Å². The first-order valence-corrected chi connectivity index (χ1v) is 9.01. The molecule has 0 saturated heterocycles. The Kier molecular flexibility index (Phi) is 5.58. The molecule has 0 radical (unpaired) electrons. The maximum Gasteiger partial charge on any atom is 0.243 e. The average molecular weight is 351 g/mol. The Bertz CT molecular complexity index is 815. The van der Waals surface area contributed by atoms with Gasteiger partial charge in [-0.3, -0.25) is 9.69 Å². The topological polar surface area (TPSA) is 36.4 Å². The minimum Gasteiger partial charge on any atom is -0.301 e. The van der Waals surface area contributed by atoms with Crippen LogP contribution in [-0.2, 0) is 11.3 Å². The Hall–Kier alpha value is -2.50. The average Bonchev–Trinajstić information content (AvgIpc) is 3.10. The highest BCUT2D eigenvalue weighted by atomic mass is 32.1. The van der Waals surface area contributed by atoms with Gasteiger partial charge in [0.05, 0.1) is 18.8 Å². The summed E-state index contributed by atoms with van der Waals surface area (Å²) in [6, 6.07) is 20.0. The summed E-state index contributed by atoms with van der Waals surface area (Å²) in [7, 11) is 3.80. The first-order chi connectivity index (χ1) is 12.1. The molecule has 0 unspecified atom stereocenters. The van der Waals surface area contributed by atoms with Crippen LogP contribution in [0.2, 0.25) is 0 Å². The van der Waals surface area contributed by atoms with Crippen molar-refractivity contribution in [3.8, 4) is 11.3 Å². The third-order valence-electron chi connectivity index (χ3n) is 3.73. The lowest BCUT2D eigenvalue weighted by molar-refractivity contribution is -0.119. The van der Waals surface area contributed by atoms with Gasteiger partial charge in [0, 0.05) is 10.9 Å². The number of amides is 1. The molecule has 4 nitrogen and oxygen atoms in total. The molecule has 0 aliphatic rings. The molecule has 1 heterocycles. The monoisotopic (exact) mass is 351 g/mol. The van der Waals surface area contributed by atoms with Crippen LogP contribution < -0.4 is 4.90 Å². The van der Waals surface area contributed by atoms with E-state index in [4.69, 9.17) is 4.98 Å². The molecule has 0 N–H and O–H groups in total. The molecular formula is C20H21N3OS. The number of hydrogen-bond acceptors (Lipinski definition) is 4.